The van der Waals surface area contributed by atoms with Gasteiger partial charge in [-0.3, -0.25) is 4.79 Å². The molecule has 0 spiro atoms. The molecule has 1 saturated heterocycles. The van der Waals surface area contributed by atoms with Crippen LogP contribution in [0, 0.1) is 5.82 Å². The Morgan fingerprint density at radius 2 is 2.50 bits per heavy atom. The van der Waals surface area contributed by atoms with Crippen LogP contribution in [-0.4, -0.2) is 32.1 Å². The summed E-state index contributed by atoms with van der Waals surface area (Å²) in [6.07, 6.45) is 3.34. The van der Waals surface area contributed by atoms with E-state index in [4.69, 9.17) is 14.2 Å². The lowest BCUT2D eigenvalue weighted by Crippen LogP contribution is -2.15. The van der Waals surface area contributed by atoms with Crippen LogP contribution in [0.25, 0.3) is 11.0 Å². The predicted octanol–water partition coefficient (Wildman–Crippen LogP) is 1.06. The Bertz CT molecular complexity index is 673. The zero-order chi connectivity index (χ0) is 14.1. The number of nitrogens with zero attached hydrogens (tertiary/aromatic N) is 2. The summed E-state index contributed by atoms with van der Waals surface area (Å²) in [6.45, 7) is 0.293. The van der Waals surface area contributed by atoms with Crippen molar-refractivity contribution in [3.8, 4) is 0 Å². The van der Waals surface area contributed by atoms with Crippen molar-refractivity contribution in [3.05, 3.63) is 28.7 Å². The molecule has 2 aromatic rings. The number of halogens is 1. The van der Waals surface area contributed by atoms with Crippen molar-refractivity contribution < 1.29 is 18.5 Å². The Labute approximate surface area is 114 Å². The molecule has 1 aliphatic heterocycles. The van der Waals surface area contributed by atoms with Gasteiger partial charge in [-0.1, -0.05) is 0 Å². The normalized spacial score (nSPS) is 23.3. The molecule has 9 heteroatoms. The van der Waals surface area contributed by atoms with E-state index in [9.17, 15) is 9.18 Å². The lowest BCUT2D eigenvalue weighted by atomic mass is 10.2. The fourth-order valence-electron chi connectivity index (χ4n) is 2.41. The molecule has 0 amide bonds. The number of ether oxygens (including phenoxy) is 1. The van der Waals surface area contributed by atoms with Crippen molar-refractivity contribution in [3.63, 3.8) is 0 Å². The van der Waals surface area contributed by atoms with Crippen LogP contribution in [0.5, 0.6) is 0 Å². The predicted molar refractivity (Wildman–Crippen MR) is 69.9 cm³/mol. The Balaban J connectivity index is 1.89. The summed E-state index contributed by atoms with van der Waals surface area (Å²) in [5.41, 5.74) is -0.243. The minimum Gasteiger partial charge on any atom is -0.352 e. The zero-order valence-corrected chi connectivity index (χ0v) is 11.4. The topological polar surface area (TPSA) is 89.4 Å². The number of nitrogens with one attached hydrogen (secondary N) is 1. The molecule has 2 unspecified atom stereocenters. The Hall–Kier alpha value is -1.34. The molecule has 2 aromatic heterocycles. The highest BCUT2D eigenvalue weighted by Gasteiger charge is 2.29. The van der Waals surface area contributed by atoms with E-state index in [0.29, 0.717) is 13.0 Å². The summed E-state index contributed by atoms with van der Waals surface area (Å²) >= 11 is 0. The van der Waals surface area contributed by atoms with Gasteiger partial charge in [0, 0.05) is 6.20 Å². The highest BCUT2D eigenvalue weighted by atomic mass is 31.1. The van der Waals surface area contributed by atoms with E-state index >= 15 is 0 Å². The van der Waals surface area contributed by atoms with Gasteiger partial charge in [-0.2, -0.15) is 0 Å². The Morgan fingerprint density at radius 1 is 1.65 bits per heavy atom. The number of hydrogen-bond donors (Lipinski definition) is 2. The molecule has 2 N–H and O–H groups in total. The number of H-pyrrole nitrogens is 1. The van der Waals surface area contributed by atoms with Crippen molar-refractivity contribution in [2.75, 3.05) is 6.61 Å². The van der Waals surface area contributed by atoms with Gasteiger partial charge in [0.05, 0.1) is 19.0 Å². The molecule has 3 rings (SSSR count). The average molecular weight is 301 g/mol. The third kappa shape index (κ3) is 2.35. The maximum absolute atomic E-state index is 13.8. The van der Waals surface area contributed by atoms with Crippen LogP contribution in [-0.2, 0) is 9.26 Å². The molecular weight excluding hydrogens is 288 g/mol. The SMILES string of the molecule is O=c1[nH]cnc2c1c(F)cn2[C@H]1CCC(COPO)O1. The summed E-state index contributed by atoms with van der Waals surface area (Å²) in [7, 11) is -0.575. The lowest BCUT2D eigenvalue weighted by Gasteiger charge is -2.15. The summed E-state index contributed by atoms with van der Waals surface area (Å²) in [4.78, 5) is 26.6. The second-order valence-electron chi connectivity index (χ2n) is 4.51. The third-order valence-electron chi connectivity index (χ3n) is 3.30. The van der Waals surface area contributed by atoms with E-state index in [1.807, 2.05) is 0 Å². The smallest absolute Gasteiger partial charge is 0.263 e. The molecule has 20 heavy (non-hydrogen) atoms. The standard InChI is InChI=1S/C11H13FN3O4P/c12-7-3-15(10-9(7)11(16)14-5-13-10)8-2-1-6(19-8)4-18-20-17/h3,5-6,8,17,20H,1-2,4H2,(H,13,14,16)/t6?,8-/m1/s1. The molecule has 0 saturated carbocycles. The van der Waals surface area contributed by atoms with Gasteiger partial charge in [0.2, 0.25) is 0 Å². The summed E-state index contributed by atoms with van der Waals surface area (Å²) in [5.74, 6) is -0.616. The molecule has 108 valence electrons. The van der Waals surface area contributed by atoms with Gasteiger partial charge in [0.15, 0.2) is 20.5 Å². The van der Waals surface area contributed by atoms with Crippen LogP contribution in [0.2, 0.25) is 0 Å². The van der Waals surface area contributed by atoms with Crippen LogP contribution >= 0.6 is 9.03 Å². The molecule has 3 atom stereocenters. The van der Waals surface area contributed by atoms with Crippen molar-refractivity contribution in [2.24, 2.45) is 0 Å². The second kappa shape index (κ2) is 5.57. The van der Waals surface area contributed by atoms with Gasteiger partial charge in [-0.25, -0.2) is 9.37 Å². The van der Waals surface area contributed by atoms with E-state index in [0.717, 1.165) is 6.42 Å². The van der Waals surface area contributed by atoms with Gasteiger partial charge >= 0.3 is 0 Å². The first-order valence-corrected chi connectivity index (χ1v) is 6.96. The van der Waals surface area contributed by atoms with Crippen LogP contribution in [0.3, 0.4) is 0 Å². The maximum atomic E-state index is 13.8. The highest BCUT2D eigenvalue weighted by molar-refractivity contribution is 7.24. The van der Waals surface area contributed by atoms with Crippen LogP contribution in [0.1, 0.15) is 19.1 Å². The fourth-order valence-corrected chi connectivity index (χ4v) is 2.67. The zero-order valence-electron chi connectivity index (χ0n) is 10.4. The van der Waals surface area contributed by atoms with Crippen LogP contribution < -0.4 is 5.56 Å². The fraction of sp³-hybridized carbons (Fsp3) is 0.455. The molecule has 7 nitrogen and oxygen atoms in total. The molecular formula is C11H13FN3O4P. The first-order chi connectivity index (χ1) is 9.70. The van der Waals surface area contributed by atoms with Crippen LogP contribution in [0.4, 0.5) is 4.39 Å². The van der Waals surface area contributed by atoms with Crippen molar-refractivity contribution in [1.29, 1.82) is 0 Å². The molecule has 0 aliphatic carbocycles. The van der Waals surface area contributed by atoms with E-state index in [1.54, 1.807) is 0 Å². The minimum absolute atomic E-state index is 0.0624. The van der Waals surface area contributed by atoms with Gasteiger partial charge in [0.1, 0.15) is 11.6 Å². The van der Waals surface area contributed by atoms with Crippen molar-refractivity contribution in [2.45, 2.75) is 25.2 Å². The van der Waals surface area contributed by atoms with Gasteiger partial charge in [-0.05, 0) is 12.8 Å². The molecule has 1 fully saturated rings. The first-order valence-electron chi connectivity index (χ1n) is 6.10. The van der Waals surface area contributed by atoms with E-state index in [2.05, 4.69) is 9.97 Å². The summed E-state index contributed by atoms with van der Waals surface area (Å²) in [5, 5.41) is -0.0624. The number of aromatic amines is 1. The minimum atomic E-state index is -0.616. The van der Waals surface area contributed by atoms with Crippen LogP contribution in [0.15, 0.2) is 17.3 Å². The third-order valence-corrected chi connectivity index (χ3v) is 3.59. The molecule has 1 aliphatic rings. The Morgan fingerprint density at radius 3 is 3.30 bits per heavy atom. The molecule has 0 radical (unpaired) electrons. The summed E-state index contributed by atoms with van der Waals surface area (Å²) < 4.78 is 26.0. The van der Waals surface area contributed by atoms with E-state index < -0.39 is 20.4 Å². The number of fused-ring (bicyclic) bond motifs is 1. The second-order valence-corrected chi connectivity index (χ2v) is 4.98. The maximum Gasteiger partial charge on any atom is 0.263 e. The monoisotopic (exact) mass is 301 g/mol. The molecule has 0 aromatic carbocycles. The van der Waals surface area contributed by atoms with E-state index in [-0.39, 0.29) is 23.4 Å². The van der Waals surface area contributed by atoms with Crippen molar-refractivity contribution in [1.82, 2.24) is 14.5 Å². The number of aromatic nitrogens is 3. The van der Waals surface area contributed by atoms with Crippen molar-refractivity contribution >= 4 is 20.1 Å². The van der Waals surface area contributed by atoms with Gasteiger partial charge < -0.3 is 23.7 Å². The molecule has 3 heterocycles. The average Bonchev–Trinajstić information content (AvgIpc) is 3.02. The quantitative estimate of drug-likeness (QED) is 0.824. The first kappa shape index (κ1) is 13.6. The number of rotatable bonds is 4. The Kier molecular flexibility index (Phi) is 3.80. The summed E-state index contributed by atoms with van der Waals surface area (Å²) in [6, 6.07) is 0. The largest absolute Gasteiger partial charge is 0.352 e. The van der Waals surface area contributed by atoms with E-state index in [1.165, 1.54) is 17.1 Å². The van der Waals surface area contributed by atoms with Gasteiger partial charge in [-0.15, -0.1) is 0 Å². The lowest BCUT2D eigenvalue weighted by molar-refractivity contribution is -0.0147. The molecule has 0 bridgehead atoms. The highest BCUT2D eigenvalue weighted by Crippen LogP contribution is 2.32. The van der Waals surface area contributed by atoms with Gasteiger partial charge in [0.25, 0.3) is 5.56 Å². The number of hydrogen-bond acceptors (Lipinski definition) is 5.